The summed E-state index contributed by atoms with van der Waals surface area (Å²) in [5, 5.41) is 3.10. The smallest absolute Gasteiger partial charge is 0.220 e. The highest BCUT2D eigenvalue weighted by atomic mass is 35.5. The Morgan fingerprint density at radius 1 is 1.19 bits per heavy atom. The summed E-state index contributed by atoms with van der Waals surface area (Å²) in [6.07, 6.45) is 8.09. The third kappa shape index (κ3) is 3.97. The van der Waals surface area contributed by atoms with Crippen LogP contribution in [0.1, 0.15) is 44.9 Å². The quantitative estimate of drug-likeness (QED) is 0.516. The highest BCUT2D eigenvalue weighted by Gasteiger charge is 2.41. The molecule has 92 valence electrons. The van der Waals surface area contributed by atoms with Crippen LogP contribution in [0.3, 0.4) is 0 Å². The van der Waals surface area contributed by atoms with E-state index in [0.29, 0.717) is 12.3 Å². The molecule has 2 fully saturated rings. The number of hydrogen-bond donors (Lipinski definition) is 1. The molecule has 0 aliphatic heterocycles. The number of alkyl halides is 1. The maximum absolute atomic E-state index is 11.6. The van der Waals surface area contributed by atoms with Crippen LogP contribution >= 0.6 is 11.6 Å². The molecule has 2 aliphatic carbocycles. The Hall–Kier alpha value is -0.240. The first kappa shape index (κ1) is 12.2. The fraction of sp³-hybridized carbons (Fsp3) is 0.923. The molecule has 2 rings (SSSR count). The zero-order valence-corrected chi connectivity index (χ0v) is 10.6. The molecule has 0 aromatic rings. The van der Waals surface area contributed by atoms with Gasteiger partial charge in [-0.1, -0.05) is 0 Å². The lowest BCUT2D eigenvalue weighted by molar-refractivity contribution is -0.121. The second kappa shape index (κ2) is 5.90. The van der Waals surface area contributed by atoms with Gasteiger partial charge in [0.1, 0.15) is 0 Å². The van der Waals surface area contributed by atoms with Crippen molar-refractivity contribution < 1.29 is 4.79 Å². The van der Waals surface area contributed by atoms with Gasteiger partial charge < -0.3 is 5.32 Å². The third-order valence-corrected chi connectivity index (χ3v) is 4.04. The summed E-state index contributed by atoms with van der Waals surface area (Å²) in [6, 6.07) is 0. The summed E-state index contributed by atoms with van der Waals surface area (Å²) in [4.78, 5) is 11.6. The minimum absolute atomic E-state index is 0.219. The Labute approximate surface area is 103 Å². The van der Waals surface area contributed by atoms with Crippen molar-refractivity contribution in [3.8, 4) is 0 Å². The van der Waals surface area contributed by atoms with E-state index in [-0.39, 0.29) is 5.91 Å². The van der Waals surface area contributed by atoms with Crippen LogP contribution in [0.2, 0.25) is 0 Å². The van der Waals surface area contributed by atoms with Gasteiger partial charge in [-0.25, -0.2) is 0 Å². The second-order valence-corrected chi connectivity index (χ2v) is 5.67. The summed E-state index contributed by atoms with van der Waals surface area (Å²) in [5.41, 5.74) is 0. The third-order valence-electron chi connectivity index (χ3n) is 3.78. The molecular weight excluding hydrogens is 222 g/mol. The van der Waals surface area contributed by atoms with Crippen LogP contribution in [0, 0.1) is 17.8 Å². The summed E-state index contributed by atoms with van der Waals surface area (Å²) in [7, 11) is 0. The lowest BCUT2D eigenvalue weighted by Gasteiger charge is -2.16. The highest BCUT2D eigenvalue weighted by Crippen LogP contribution is 2.48. The van der Waals surface area contributed by atoms with E-state index in [2.05, 4.69) is 5.32 Å². The van der Waals surface area contributed by atoms with Crippen molar-refractivity contribution in [2.45, 2.75) is 44.9 Å². The lowest BCUT2D eigenvalue weighted by Crippen LogP contribution is -2.30. The van der Waals surface area contributed by atoms with E-state index in [9.17, 15) is 4.79 Å². The molecule has 0 saturated heterocycles. The van der Waals surface area contributed by atoms with Crippen molar-refractivity contribution >= 4 is 17.5 Å². The molecule has 0 atom stereocenters. The van der Waals surface area contributed by atoms with Crippen LogP contribution in [0.15, 0.2) is 0 Å². The molecule has 1 N–H and O–H groups in total. The highest BCUT2D eigenvalue weighted by molar-refractivity contribution is 6.17. The van der Waals surface area contributed by atoms with Gasteiger partial charge in [-0.2, -0.15) is 0 Å². The molecule has 1 amide bonds. The second-order valence-electron chi connectivity index (χ2n) is 5.29. The average molecular weight is 244 g/mol. The van der Waals surface area contributed by atoms with E-state index < -0.39 is 0 Å². The largest absolute Gasteiger partial charge is 0.356 e. The zero-order chi connectivity index (χ0) is 11.4. The maximum Gasteiger partial charge on any atom is 0.220 e. The summed E-state index contributed by atoms with van der Waals surface area (Å²) >= 11 is 5.58. The molecule has 2 nitrogen and oxygen atoms in total. The van der Waals surface area contributed by atoms with Gasteiger partial charge in [0.25, 0.3) is 0 Å². The number of carbonyl (C=O) groups excluding carboxylic acids is 1. The number of nitrogens with one attached hydrogen (secondary N) is 1. The average Bonchev–Trinajstić information content (AvgIpc) is 3.13. The Bertz CT molecular complexity index is 224. The Kier molecular flexibility index (Phi) is 4.51. The van der Waals surface area contributed by atoms with E-state index >= 15 is 0 Å². The molecule has 2 saturated carbocycles. The van der Waals surface area contributed by atoms with E-state index in [0.717, 1.165) is 37.1 Å². The fourth-order valence-corrected chi connectivity index (χ4v) is 2.66. The van der Waals surface area contributed by atoms with Gasteiger partial charge in [-0.05, 0) is 56.3 Å². The summed E-state index contributed by atoms with van der Waals surface area (Å²) < 4.78 is 0. The number of carbonyl (C=O) groups is 1. The van der Waals surface area contributed by atoms with Gasteiger partial charge in [-0.15, -0.1) is 11.6 Å². The van der Waals surface area contributed by atoms with Crippen LogP contribution < -0.4 is 5.32 Å². The number of halogens is 1. The molecular formula is C13H22ClNO. The Morgan fingerprint density at radius 3 is 2.31 bits per heavy atom. The van der Waals surface area contributed by atoms with Crippen LogP contribution in [-0.2, 0) is 4.79 Å². The molecule has 3 heteroatoms. The van der Waals surface area contributed by atoms with Crippen molar-refractivity contribution in [3.63, 3.8) is 0 Å². The molecule has 0 bridgehead atoms. The van der Waals surface area contributed by atoms with Gasteiger partial charge in [0.15, 0.2) is 0 Å². The van der Waals surface area contributed by atoms with Crippen LogP contribution in [-0.4, -0.2) is 18.3 Å². The Morgan fingerprint density at radius 2 is 1.81 bits per heavy atom. The molecule has 2 aliphatic rings. The number of rotatable bonds is 8. The first-order valence-electron chi connectivity index (χ1n) is 6.64. The van der Waals surface area contributed by atoms with Crippen molar-refractivity contribution in [3.05, 3.63) is 0 Å². The van der Waals surface area contributed by atoms with Crippen molar-refractivity contribution in [2.75, 3.05) is 12.4 Å². The molecule has 16 heavy (non-hydrogen) atoms. The Balaban J connectivity index is 1.59. The van der Waals surface area contributed by atoms with Crippen molar-refractivity contribution in [1.82, 2.24) is 5.32 Å². The molecule has 0 radical (unpaired) electrons. The molecule has 0 spiro atoms. The van der Waals surface area contributed by atoms with E-state index in [4.69, 9.17) is 11.6 Å². The van der Waals surface area contributed by atoms with Gasteiger partial charge in [0.05, 0.1) is 0 Å². The predicted molar refractivity (Wildman–Crippen MR) is 66.5 cm³/mol. The van der Waals surface area contributed by atoms with E-state index in [1.54, 1.807) is 0 Å². The first-order valence-corrected chi connectivity index (χ1v) is 7.17. The monoisotopic (exact) mass is 243 g/mol. The number of amides is 1. The normalized spacial score (nSPS) is 20.1. The number of hydrogen-bond acceptors (Lipinski definition) is 1. The van der Waals surface area contributed by atoms with Crippen LogP contribution in [0.5, 0.6) is 0 Å². The maximum atomic E-state index is 11.6. The topological polar surface area (TPSA) is 29.1 Å². The van der Waals surface area contributed by atoms with Crippen molar-refractivity contribution in [2.24, 2.45) is 17.8 Å². The minimum atomic E-state index is 0.219. The molecule has 0 aromatic heterocycles. The molecule has 0 aromatic carbocycles. The molecule has 0 unspecified atom stereocenters. The van der Waals surface area contributed by atoms with Crippen molar-refractivity contribution in [1.29, 1.82) is 0 Å². The van der Waals surface area contributed by atoms with Gasteiger partial charge >= 0.3 is 0 Å². The first-order chi connectivity index (χ1) is 7.81. The predicted octanol–water partition coefficient (Wildman–Crippen LogP) is 2.95. The summed E-state index contributed by atoms with van der Waals surface area (Å²) in [6.45, 7) is 0.926. The lowest BCUT2D eigenvalue weighted by atomic mass is 9.98. The standard InChI is InChI=1S/C13H22ClNO/c14-8-2-1-3-13(16)15-9-12(10-4-5-10)11-6-7-11/h10-12H,1-9H2,(H,15,16). The molecule has 0 heterocycles. The van der Waals surface area contributed by atoms with Gasteiger partial charge in [0.2, 0.25) is 5.91 Å². The SMILES string of the molecule is O=C(CCCCCl)NCC(C1CC1)C1CC1. The van der Waals surface area contributed by atoms with Crippen LogP contribution in [0.25, 0.3) is 0 Å². The summed E-state index contributed by atoms with van der Waals surface area (Å²) in [5.74, 6) is 3.53. The fourth-order valence-electron chi connectivity index (χ4n) is 2.47. The zero-order valence-electron chi connectivity index (χ0n) is 9.88. The van der Waals surface area contributed by atoms with Crippen LogP contribution in [0.4, 0.5) is 0 Å². The van der Waals surface area contributed by atoms with Gasteiger partial charge in [0, 0.05) is 18.8 Å². The van der Waals surface area contributed by atoms with E-state index in [1.165, 1.54) is 25.7 Å². The van der Waals surface area contributed by atoms with E-state index in [1.807, 2.05) is 0 Å². The minimum Gasteiger partial charge on any atom is -0.356 e. The van der Waals surface area contributed by atoms with Gasteiger partial charge in [-0.3, -0.25) is 4.79 Å². The number of unbranched alkanes of at least 4 members (excludes halogenated alkanes) is 1.